The van der Waals surface area contributed by atoms with Crippen LogP contribution in [0.4, 0.5) is 28.9 Å². The van der Waals surface area contributed by atoms with E-state index >= 15 is 0 Å². The first-order valence-corrected chi connectivity index (χ1v) is 9.84. The van der Waals surface area contributed by atoms with E-state index < -0.39 is 18.7 Å². The van der Waals surface area contributed by atoms with Crippen LogP contribution in [0.1, 0.15) is 24.0 Å². The van der Waals surface area contributed by atoms with Gasteiger partial charge in [-0.15, -0.1) is 0 Å². The summed E-state index contributed by atoms with van der Waals surface area (Å²) in [6.07, 6.45) is -4.43. The molecule has 0 aliphatic carbocycles. The third kappa shape index (κ3) is 6.72. The Labute approximate surface area is 178 Å². The summed E-state index contributed by atoms with van der Waals surface area (Å²) in [4.78, 5) is 0. The van der Waals surface area contributed by atoms with E-state index in [1.54, 1.807) is 30.3 Å². The molecule has 0 fully saturated rings. The van der Waals surface area contributed by atoms with Crippen molar-refractivity contribution in [2.45, 2.75) is 25.6 Å². The molecule has 0 aliphatic rings. The summed E-state index contributed by atoms with van der Waals surface area (Å²) in [6.45, 7) is 1.79. The molecule has 0 spiro atoms. The monoisotopic (exact) mass is 433 g/mol. The Morgan fingerprint density at radius 1 is 0.903 bits per heavy atom. The molecular weight excluding hydrogens is 410 g/mol. The molecule has 3 aromatic carbocycles. The molecule has 3 rings (SSSR count). The first-order valence-electron chi connectivity index (χ1n) is 9.84. The van der Waals surface area contributed by atoms with E-state index in [1.807, 2.05) is 13.0 Å². The molecule has 0 aliphatic heterocycles. The van der Waals surface area contributed by atoms with Crippen molar-refractivity contribution in [1.29, 1.82) is 0 Å². The number of nitrogens with one attached hydrogen (secondary N) is 1. The Morgan fingerprint density at radius 3 is 2.26 bits per heavy atom. The van der Waals surface area contributed by atoms with Crippen molar-refractivity contribution in [3.05, 3.63) is 89.7 Å². The predicted octanol–water partition coefficient (Wildman–Crippen LogP) is 6.83. The molecule has 7 heteroatoms. The lowest BCUT2D eigenvalue weighted by Crippen LogP contribution is -2.25. The van der Waals surface area contributed by atoms with Crippen LogP contribution in [0.2, 0.25) is 0 Å². The molecule has 0 heterocycles. The Morgan fingerprint density at radius 2 is 1.61 bits per heavy atom. The minimum Gasteiger partial charge on any atom is -0.494 e. The van der Waals surface area contributed by atoms with E-state index in [-0.39, 0.29) is 18.0 Å². The third-order valence-corrected chi connectivity index (χ3v) is 4.60. The number of alkyl halides is 3. The number of halogens is 4. The second kappa shape index (κ2) is 10.3. The van der Waals surface area contributed by atoms with E-state index in [9.17, 15) is 17.6 Å². The molecular formula is C24H23F4NO2. The number of rotatable bonds is 9. The van der Waals surface area contributed by atoms with Crippen LogP contribution in [-0.2, 0) is 11.3 Å². The highest BCUT2D eigenvalue weighted by Crippen LogP contribution is 2.36. The van der Waals surface area contributed by atoms with E-state index in [0.717, 1.165) is 11.3 Å². The van der Waals surface area contributed by atoms with Crippen LogP contribution in [0.25, 0.3) is 0 Å². The van der Waals surface area contributed by atoms with E-state index in [1.165, 1.54) is 36.4 Å². The van der Waals surface area contributed by atoms with Gasteiger partial charge in [0.25, 0.3) is 0 Å². The first kappa shape index (κ1) is 22.6. The van der Waals surface area contributed by atoms with Crippen molar-refractivity contribution in [3.63, 3.8) is 0 Å². The molecule has 1 atom stereocenters. The van der Waals surface area contributed by atoms with Gasteiger partial charge < -0.3 is 14.8 Å². The van der Waals surface area contributed by atoms with Gasteiger partial charge in [0, 0.05) is 11.4 Å². The highest BCUT2D eigenvalue weighted by molar-refractivity contribution is 5.60. The third-order valence-electron chi connectivity index (χ3n) is 4.60. The lowest BCUT2D eigenvalue weighted by Gasteiger charge is -2.21. The highest BCUT2D eigenvalue weighted by Gasteiger charge is 2.40. The van der Waals surface area contributed by atoms with Gasteiger partial charge in [-0.3, -0.25) is 0 Å². The van der Waals surface area contributed by atoms with Crippen LogP contribution >= 0.6 is 0 Å². The fourth-order valence-electron chi connectivity index (χ4n) is 3.08. The molecule has 0 aromatic heterocycles. The van der Waals surface area contributed by atoms with Gasteiger partial charge in [0.1, 0.15) is 17.5 Å². The molecule has 164 valence electrons. The normalized spacial score (nSPS) is 12.4. The smallest absolute Gasteiger partial charge is 0.397 e. The Balaban J connectivity index is 1.62. The summed E-state index contributed by atoms with van der Waals surface area (Å²) in [6, 6.07) is 18.9. The Kier molecular flexibility index (Phi) is 7.52. The van der Waals surface area contributed by atoms with Crippen LogP contribution in [-0.4, -0.2) is 19.4 Å². The summed E-state index contributed by atoms with van der Waals surface area (Å²) in [5.74, 6) is -1.54. The molecule has 1 unspecified atom stereocenters. The van der Waals surface area contributed by atoms with Gasteiger partial charge in [0.2, 0.25) is 0 Å². The number of ether oxygens (including phenoxy) is 2. The Hall–Kier alpha value is -3.06. The lowest BCUT2D eigenvalue weighted by atomic mass is 9.99. The minimum absolute atomic E-state index is 0.0303. The zero-order valence-corrected chi connectivity index (χ0v) is 17.0. The molecule has 3 aromatic rings. The van der Waals surface area contributed by atoms with Crippen LogP contribution in [0.3, 0.4) is 0 Å². The molecule has 0 amide bonds. The maximum absolute atomic E-state index is 13.6. The van der Waals surface area contributed by atoms with Gasteiger partial charge >= 0.3 is 6.18 Å². The summed E-state index contributed by atoms with van der Waals surface area (Å²) in [7, 11) is 0. The fourth-order valence-corrected chi connectivity index (χ4v) is 3.08. The quantitative estimate of drug-likeness (QED) is 0.375. The zero-order valence-electron chi connectivity index (χ0n) is 17.0. The largest absolute Gasteiger partial charge is 0.494 e. The van der Waals surface area contributed by atoms with Crippen LogP contribution in [0.5, 0.6) is 5.75 Å². The van der Waals surface area contributed by atoms with Gasteiger partial charge in [-0.2, -0.15) is 13.2 Å². The number of benzene rings is 3. The van der Waals surface area contributed by atoms with Crippen molar-refractivity contribution in [2.75, 3.05) is 18.5 Å². The Bertz CT molecular complexity index is 957. The van der Waals surface area contributed by atoms with E-state index in [4.69, 9.17) is 9.47 Å². The van der Waals surface area contributed by atoms with Crippen molar-refractivity contribution in [3.8, 4) is 5.75 Å². The molecule has 3 nitrogen and oxygen atoms in total. The van der Waals surface area contributed by atoms with Crippen molar-refractivity contribution in [2.24, 2.45) is 0 Å². The molecule has 1 N–H and O–H groups in total. The number of hydrogen-bond acceptors (Lipinski definition) is 3. The average Bonchev–Trinajstić information content (AvgIpc) is 2.73. The van der Waals surface area contributed by atoms with E-state index in [0.29, 0.717) is 18.0 Å². The van der Waals surface area contributed by atoms with Crippen molar-refractivity contribution >= 4 is 11.4 Å². The van der Waals surface area contributed by atoms with Gasteiger partial charge in [0.05, 0.1) is 19.8 Å². The van der Waals surface area contributed by atoms with Gasteiger partial charge in [0.15, 0.2) is 0 Å². The second-order valence-electron chi connectivity index (χ2n) is 6.94. The van der Waals surface area contributed by atoms with Gasteiger partial charge in [-0.05, 0) is 66.6 Å². The summed E-state index contributed by atoms with van der Waals surface area (Å²) in [5.41, 5.74) is 2.28. The predicted molar refractivity (Wildman–Crippen MR) is 112 cm³/mol. The summed E-state index contributed by atoms with van der Waals surface area (Å²) >= 11 is 0. The summed E-state index contributed by atoms with van der Waals surface area (Å²) < 4.78 is 64.4. The SMILES string of the molecule is CCOc1ccc(C(COCc2cccc(Nc3ccc(F)cc3)c2)C(F)(F)F)cc1. The van der Waals surface area contributed by atoms with Gasteiger partial charge in [-0.1, -0.05) is 24.3 Å². The molecule has 0 saturated heterocycles. The highest BCUT2D eigenvalue weighted by atomic mass is 19.4. The van der Waals surface area contributed by atoms with Crippen LogP contribution in [0, 0.1) is 5.82 Å². The van der Waals surface area contributed by atoms with Crippen molar-refractivity contribution < 1.29 is 27.0 Å². The maximum Gasteiger partial charge on any atom is 0.397 e. The van der Waals surface area contributed by atoms with Gasteiger partial charge in [-0.25, -0.2) is 4.39 Å². The van der Waals surface area contributed by atoms with Crippen LogP contribution < -0.4 is 10.1 Å². The number of hydrogen-bond donors (Lipinski definition) is 1. The lowest BCUT2D eigenvalue weighted by molar-refractivity contribution is -0.163. The minimum atomic E-state index is -4.43. The molecule has 31 heavy (non-hydrogen) atoms. The molecule has 0 saturated carbocycles. The average molecular weight is 433 g/mol. The topological polar surface area (TPSA) is 30.5 Å². The fraction of sp³-hybridized carbons (Fsp3) is 0.250. The summed E-state index contributed by atoms with van der Waals surface area (Å²) in [5, 5.41) is 3.12. The standard InChI is InChI=1S/C24H23F4NO2/c1-2-31-22-12-6-18(7-13-22)23(24(26,27)28)16-30-15-17-4-3-5-21(14-17)29-20-10-8-19(25)9-11-20/h3-14,23,29H,2,15-16H2,1H3. The van der Waals surface area contributed by atoms with Crippen LogP contribution in [0.15, 0.2) is 72.8 Å². The molecule has 0 bridgehead atoms. The van der Waals surface area contributed by atoms with E-state index in [2.05, 4.69) is 5.32 Å². The molecule has 0 radical (unpaired) electrons. The zero-order chi connectivity index (χ0) is 22.3. The first-order chi connectivity index (χ1) is 14.8. The maximum atomic E-state index is 13.6. The number of anilines is 2. The second-order valence-corrected chi connectivity index (χ2v) is 6.94. The van der Waals surface area contributed by atoms with Crippen molar-refractivity contribution in [1.82, 2.24) is 0 Å².